The third-order valence-corrected chi connectivity index (χ3v) is 4.93. The molecule has 1 heterocycles. The minimum absolute atomic E-state index is 0.00914. The van der Waals surface area contributed by atoms with Gasteiger partial charge in [0.05, 0.1) is 5.02 Å². The quantitative estimate of drug-likeness (QED) is 0.472. The van der Waals surface area contributed by atoms with Crippen LogP contribution in [0.15, 0.2) is 27.4 Å². The van der Waals surface area contributed by atoms with Gasteiger partial charge in [-0.05, 0) is 39.8 Å². The summed E-state index contributed by atoms with van der Waals surface area (Å²) in [6.45, 7) is 6.81. The van der Waals surface area contributed by atoms with Crippen molar-refractivity contribution < 1.29 is 28.6 Å². The Hall–Kier alpha value is -3.66. The maximum Gasteiger partial charge on any atom is 0.407 e. The summed E-state index contributed by atoms with van der Waals surface area (Å²) in [5.74, 6) is -2.07. The topological polar surface area (TPSA) is 148 Å². The van der Waals surface area contributed by atoms with Crippen molar-refractivity contribution in [2.24, 2.45) is 0 Å². The van der Waals surface area contributed by atoms with Crippen molar-refractivity contribution in [1.29, 1.82) is 0 Å². The molecule has 0 aromatic heterocycles. The standard InChI is InChI=1S/C22H22ClN3O7/c1-10-16(23)18(28)15(20(29)30)19-17(10)26-12-6-5-11(9-13(12)32-19)25-14(27)7-8-24-21(31)33-22(2,3)4/h5-6,9H,7-8H2,1-4H3,(H,24,31)(H,25,27)(H,29,30). The van der Waals surface area contributed by atoms with Crippen molar-refractivity contribution in [3.63, 3.8) is 0 Å². The predicted octanol–water partition coefficient (Wildman–Crippen LogP) is 3.81. The molecule has 0 atom stereocenters. The summed E-state index contributed by atoms with van der Waals surface area (Å²) < 4.78 is 10.8. The Balaban J connectivity index is 1.82. The minimum atomic E-state index is -1.49. The summed E-state index contributed by atoms with van der Waals surface area (Å²) in [6.07, 6.45) is -0.634. The third kappa shape index (κ3) is 5.40. The lowest BCUT2D eigenvalue weighted by Crippen LogP contribution is -2.34. The summed E-state index contributed by atoms with van der Waals surface area (Å²) >= 11 is 5.99. The van der Waals surface area contributed by atoms with Crippen LogP contribution in [-0.4, -0.2) is 40.2 Å². The number of hydrogen-bond acceptors (Lipinski definition) is 7. The SMILES string of the molecule is Cc1c2nc3ccc(NC(=O)CCNC(=O)OC(C)(C)C)cc3oc-2c(C(=O)O)c(=O)c1Cl. The molecule has 0 unspecified atom stereocenters. The average Bonchev–Trinajstić information content (AvgIpc) is 2.69. The third-order valence-electron chi connectivity index (χ3n) is 4.47. The molecule has 10 nitrogen and oxygen atoms in total. The number of carboxylic acid groups (broad SMARTS) is 1. The second kappa shape index (κ2) is 9.07. The van der Waals surface area contributed by atoms with E-state index in [-0.39, 0.29) is 40.9 Å². The van der Waals surface area contributed by atoms with Crippen LogP contribution in [0.1, 0.15) is 43.1 Å². The molecule has 2 amide bonds. The van der Waals surface area contributed by atoms with Gasteiger partial charge in [-0.1, -0.05) is 11.6 Å². The van der Waals surface area contributed by atoms with Crippen molar-refractivity contribution in [3.8, 4) is 11.5 Å². The highest BCUT2D eigenvalue weighted by atomic mass is 35.5. The summed E-state index contributed by atoms with van der Waals surface area (Å²) in [4.78, 5) is 52.2. The molecule has 3 rings (SSSR count). The van der Waals surface area contributed by atoms with Crippen molar-refractivity contribution in [2.75, 3.05) is 11.9 Å². The molecule has 0 saturated heterocycles. The second-order valence-electron chi connectivity index (χ2n) is 8.25. The fourth-order valence-electron chi connectivity index (χ4n) is 3.02. The monoisotopic (exact) mass is 475 g/mol. The van der Waals surface area contributed by atoms with Crippen LogP contribution < -0.4 is 16.1 Å². The van der Waals surface area contributed by atoms with E-state index < -0.39 is 28.7 Å². The lowest BCUT2D eigenvalue weighted by molar-refractivity contribution is -0.116. The van der Waals surface area contributed by atoms with E-state index in [0.717, 1.165) is 0 Å². The van der Waals surface area contributed by atoms with E-state index in [9.17, 15) is 24.3 Å². The summed E-state index contributed by atoms with van der Waals surface area (Å²) in [5, 5.41) is 14.4. The second-order valence-corrected chi connectivity index (χ2v) is 8.63. The number of carboxylic acids is 1. The number of carbonyl (C=O) groups is 3. The highest BCUT2D eigenvalue weighted by Gasteiger charge is 2.27. The van der Waals surface area contributed by atoms with Crippen molar-refractivity contribution >= 4 is 46.4 Å². The van der Waals surface area contributed by atoms with Gasteiger partial charge in [0.2, 0.25) is 11.3 Å². The number of halogens is 1. The number of nitrogens with zero attached hydrogens (tertiary/aromatic N) is 1. The zero-order chi connectivity index (χ0) is 24.5. The Bertz CT molecular complexity index is 1290. The lowest BCUT2D eigenvalue weighted by Gasteiger charge is -2.19. The van der Waals surface area contributed by atoms with Gasteiger partial charge in [-0.3, -0.25) is 9.59 Å². The molecule has 1 aromatic carbocycles. The van der Waals surface area contributed by atoms with Crippen LogP contribution in [0.25, 0.3) is 22.6 Å². The smallest absolute Gasteiger partial charge is 0.407 e. The van der Waals surface area contributed by atoms with Crippen LogP contribution in [-0.2, 0) is 9.53 Å². The van der Waals surface area contributed by atoms with Crippen LogP contribution in [0.4, 0.5) is 10.5 Å². The molecule has 0 fully saturated rings. The maximum atomic E-state index is 12.3. The van der Waals surface area contributed by atoms with Gasteiger partial charge in [0.25, 0.3) is 0 Å². The summed E-state index contributed by atoms with van der Waals surface area (Å²) in [5.41, 5.74) is -0.747. The van der Waals surface area contributed by atoms with Crippen molar-refractivity contribution in [3.05, 3.63) is 44.6 Å². The van der Waals surface area contributed by atoms with E-state index in [1.54, 1.807) is 39.8 Å². The normalized spacial score (nSPS) is 11.4. The minimum Gasteiger partial charge on any atom is -0.477 e. The van der Waals surface area contributed by atoms with Crippen molar-refractivity contribution in [1.82, 2.24) is 10.3 Å². The number of aromatic nitrogens is 1. The molecule has 0 radical (unpaired) electrons. The molecule has 0 saturated carbocycles. The molecule has 1 aromatic rings. The molecule has 174 valence electrons. The first kappa shape index (κ1) is 24.0. The molecule has 0 spiro atoms. The first-order valence-corrected chi connectivity index (χ1v) is 10.3. The molecular formula is C22H22ClN3O7. The van der Waals surface area contributed by atoms with Gasteiger partial charge < -0.3 is 24.9 Å². The Morgan fingerprint density at radius 2 is 1.94 bits per heavy atom. The number of alkyl carbamates (subject to hydrolysis) is 1. The van der Waals surface area contributed by atoms with Gasteiger partial charge in [0.15, 0.2) is 16.9 Å². The number of fused-ring (bicyclic) bond motifs is 2. The van der Waals surface area contributed by atoms with E-state index in [2.05, 4.69) is 15.6 Å². The molecule has 1 aliphatic heterocycles. The summed E-state index contributed by atoms with van der Waals surface area (Å²) in [7, 11) is 0. The summed E-state index contributed by atoms with van der Waals surface area (Å²) in [6, 6.07) is 4.62. The van der Waals surface area contributed by atoms with Gasteiger partial charge in [-0.2, -0.15) is 0 Å². The molecule has 1 aliphatic carbocycles. The lowest BCUT2D eigenvalue weighted by atomic mass is 10.0. The van der Waals surface area contributed by atoms with Gasteiger partial charge in [0.1, 0.15) is 16.8 Å². The number of anilines is 1. The van der Waals surface area contributed by atoms with Crippen LogP contribution in [0, 0.1) is 6.92 Å². The van der Waals surface area contributed by atoms with Crippen LogP contribution in [0.5, 0.6) is 0 Å². The number of ether oxygens (including phenoxy) is 1. The molecule has 2 aliphatic rings. The number of hydrogen-bond donors (Lipinski definition) is 3. The molecule has 3 N–H and O–H groups in total. The van der Waals surface area contributed by atoms with E-state index in [0.29, 0.717) is 16.8 Å². The fraction of sp³-hybridized carbons (Fsp3) is 0.318. The number of carbonyl (C=O) groups excluding carboxylic acids is 2. The Kier molecular flexibility index (Phi) is 6.59. The number of nitrogens with one attached hydrogen (secondary N) is 2. The van der Waals surface area contributed by atoms with E-state index in [4.69, 9.17) is 20.8 Å². The largest absolute Gasteiger partial charge is 0.477 e. The number of rotatable bonds is 5. The van der Waals surface area contributed by atoms with Crippen LogP contribution >= 0.6 is 11.6 Å². The first-order chi connectivity index (χ1) is 15.4. The van der Waals surface area contributed by atoms with Crippen molar-refractivity contribution in [2.45, 2.75) is 39.7 Å². The van der Waals surface area contributed by atoms with E-state index in [1.165, 1.54) is 6.07 Å². The van der Waals surface area contributed by atoms with Gasteiger partial charge >= 0.3 is 12.1 Å². The Morgan fingerprint density at radius 3 is 2.58 bits per heavy atom. The average molecular weight is 476 g/mol. The molecule has 0 bridgehead atoms. The van der Waals surface area contributed by atoms with Gasteiger partial charge in [-0.25, -0.2) is 14.6 Å². The van der Waals surface area contributed by atoms with Gasteiger partial charge in [0, 0.05) is 30.3 Å². The molecular weight excluding hydrogens is 454 g/mol. The number of aromatic carboxylic acids is 1. The highest BCUT2D eigenvalue weighted by Crippen LogP contribution is 2.33. The zero-order valence-electron chi connectivity index (χ0n) is 18.4. The van der Waals surface area contributed by atoms with Crippen LogP contribution in [0.3, 0.4) is 0 Å². The van der Waals surface area contributed by atoms with E-state index in [1.807, 2.05) is 0 Å². The highest BCUT2D eigenvalue weighted by molar-refractivity contribution is 6.32. The van der Waals surface area contributed by atoms with Gasteiger partial charge in [-0.15, -0.1) is 0 Å². The molecule has 11 heteroatoms. The molecule has 33 heavy (non-hydrogen) atoms. The fourth-order valence-corrected chi connectivity index (χ4v) is 3.20. The van der Waals surface area contributed by atoms with E-state index >= 15 is 0 Å². The Morgan fingerprint density at radius 1 is 1.24 bits per heavy atom. The number of benzene rings is 2. The number of amides is 2. The first-order valence-electron chi connectivity index (χ1n) is 9.94. The Labute approximate surface area is 193 Å². The predicted molar refractivity (Wildman–Crippen MR) is 121 cm³/mol. The van der Waals surface area contributed by atoms with Crippen LogP contribution in [0.2, 0.25) is 5.02 Å². The maximum absolute atomic E-state index is 12.3. The zero-order valence-corrected chi connectivity index (χ0v) is 19.1.